The van der Waals surface area contributed by atoms with E-state index < -0.39 is 22.0 Å². The molecule has 1 fully saturated rings. The molecule has 0 aromatic heterocycles. The van der Waals surface area contributed by atoms with Crippen molar-refractivity contribution in [3.05, 3.63) is 88.4 Å². The number of rotatable bonds is 8. The van der Waals surface area contributed by atoms with Crippen LogP contribution in [0.4, 0.5) is 5.69 Å². The second kappa shape index (κ2) is 12.0. The molecule has 1 heterocycles. The summed E-state index contributed by atoms with van der Waals surface area (Å²) in [5, 5.41) is 12.6. The monoisotopic (exact) mass is 577 g/mol. The van der Waals surface area contributed by atoms with Crippen LogP contribution in [0.25, 0.3) is 0 Å². The summed E-state index contributed by atoms with van der Waals surface area (Å²) in [4.78, 5) is 32.1. The highest BCUT2D eigenvalue weighted by molar-refractivity contribution is 7.92. The molecule has 0 aliphatic carbocycles. The third-order valence-electron chi connectivity index (χ3n) is 5.89. The Bertz CT molecular complexity index is 1400. The zero-order valence-corrected chi connectivity index (χ0v) is 22.4. The van der Waals surface area contributed by atoms with Crippen molar-refractivity contribution < 1.29 is 28.0 Å². The molecule has 0 saturated carbocycles. The summed E-state index contributed by atoms with van der Waals surface area (Å²) in [6.45, 7) is 0.666. The molecule has 3 aromatic carbocycles. The predicted octanol–water partition coefficient (Wildman–Crippen LogP) is 3.90. The maximum absolute atomic E-state index is 13.6. The van der Waals surface area contributed by atoms with Crippen molar-refractivity contribution in [2.75, 3.05) is 24.1 Å². The number of carbonyl (C=O) groups excluding carboxylic acids is 2. The van der Waals surface area contributed by atoms with Gasteiger partial charge in [-0.2, -0.15) is 8.42 Å². The van der Waals surface area contributed by atoms with Crippen molar-refractivity contribution in [1.82, 2.24) is 10.2 Å². The van der Waals surface area contributed by atoms with Crippen LogP contribution in [-0.2, 0) is 14.8 Å². The molecule has 1 aliphatic heterocycles. The van der Waals surface area contributed by atoms with E-state index in [4.69, 9.17) is 28.0 Å². The van der Waals surface area contributed by atoms with Crippen LogP contribution >= 0.6 is 23.2 Å². The Kier molecular flexibility index (Phi) is 8.78. The predicted molar refractivity (Wildman–Crippen MR) is 144 cm³/mol. The van der Waals surface area contributed by atoms with Gasteiger partial charge in [0.05, 0.1) is 28.3 Å². The largest absolute Gasteiger partial charge is 0.393 e. The average Bonchev–Trinajstić information content (AvgIpc) is 2.92. The summed E-state index contributed by atoms with van der Waals surface area (Å²) in [6.07, 6.45) is 0.599. The molecule has 2 N–H and O–H groups in total. The van der Waals surface area contributed by atoms with E-state index in [-0.39, 0.29) is 39.4 Å². The second-order valence-electron chi connectivity index (χ2n) is 8.55. The van der Waals surface area contributed by atoms with E-state index in [1.807, 2.05) is 0 Å². The van der Waals surface area contributed by atoms with E-state index in [2.05, 4.69) is 5.32 Å². The zero-order chi connectivity index (χ0) is 27.3. The minimum absolute atomic E-state index is 0.0763. The second-order valence-corrected chi connectivity index (χ2v) is 11.1. The number of benzene rings is 3. The smallest absolute Gasteiger partial charge is 0.295 e. The number of hydrogen-bond donors (Lipinski definition) is 2. The molecule has 0 spiro atoms. The molecule has 3 aromatic rings. The number of amides is 2. The number of anilines is 1. The first-order valence-electron chi connectivity index (χ1n) is 11.7. The van der Waals surface area contributed by atoms with Crippen molar-refractivity contribution in [3.63, 3.8) is 0 Å². The lowest BCUT2D eigenvalue weighted by Crippen LogP contribution is -2.45. The molecule has 2 amide bonds. The summed E-state index contributed by atoms with van der Waals surface area (Å²) in [5.41, 5.74) is 0.405. The first-order valence-corrected chi connectivity index (χ1v) is 13.9. The van der Waals surface area contributed by atoms with Crippen LogP contribution in [0.15, 0.2) is 77.7 Å². The number of piperidine rings is 1. The Morgan fingerprint density at radius 2 is 1.66 bits per heavy atom. The summed E-state index contributed by atoms with van der Waals surface area (Å²) >= 11 is 12.2. The minimum Gasteiger partial charge on any atom is -0.393 e. The molecule has 4 rings (SSSR count). The van der Waals surface area contributed by atoms with Gasteiger partial charge in [-0.1, -0.05) is 45.9 Å². The van der Waals surface area contributed by atoms with Crippen molar-refractivity contribution in [1.29, 1.82) is 0 Å². The first-order chi connectivity index (χ1) is 18.1. The number of aliphatic hydroxyl groups excluding tert-OH is 1. The van der Waals surface area contributed by atoms with Gasteiger partial charge in [0.2, 0.25) is 5.91 Å². The van der Waals surface area contributed by atoms with Crippen LogP contribution in [0.1, 0.15) is 23.2 Å². The number of likely N-dealkylation sites (tertiary alicyclic amines) is 1. The SMILES string of the molecule is O=C(NCC(=O)N1CCC(O)CC1)c1ccc(S(=O)(=O)N(Oc2ccc(Cl)cc2Cl)c2ccccc2)cc1. The number of nitrogens with zero attached hydrogens (tertiary/aromatic N) is 2. The minimum atomic E-state index is -4.26. The molecule has 1 aliphatic rings. The van der Waals surface area contributed by atoms with Gasteiger partial charge in [-0.15, -0.1) is 0 Å². The van der Waals surface area contributed by atoms with E-state index in [0.29, 0.717) is 31.0 Å². The van der Waals surface area contributed by atoms with Gasteiger partial charge in [0, 0.05) is 23.7 Å². The Morgan fingerprint density at radius 1 is 1.00 bits per heavy atom. The zero-order valence-electron chi connectivity index (χ0n) is 20.1. The molecule has 1 saturated heterocycles. The molecular formula is C26H25Cl2N3O6S. The molecule has 0 atom stereocenters. The lowest BCUT2D eigenvalue weighted by Gasteiger charge is -2.29. The highest BCUT2D eigenvalue weighted by Gasteiger charge is 2.29. The van der Waals surface area contributed by atoms with Gasteiger partial charge in [-0.25, -0.2) is 0 Å². The van der Waals surface area contributed by atoms with Crippen molar-refractivity contribution in [2.45, 2.75) is 23.8 Å². The van der Waals surface area contributed by atoms with E-state index in [9.17, 15) is 23.1 Å². The van der Waals surface area contributed by atoms with Crippen LogP contribution in [0.2, 0.25) is 10.0 Å². The normalized spacial score (nSPS) is 14.1. The number of halogens is 2. The molecule has 9 nitrogen and oxygen atoms in total. The van der Waals surface area contributed by atoms with Crippen LogP contribution in [0.3, 0.4) is 0 Å². The molecule has 0 bridgehead atoms. The summed E-state index contributed by atoms with van der Waals surface area (Å²) in [7, 11) is -4.26. The number of nitrogens with one attached hydrogen (secondary N) is 1. The Balaban J connectivity index is 1.49. The van der Waals surface area contributed by atoms with Crippen LogP contribution < -0.4 is 14.6 Å². The molecule has 0 unspecified atom stereocenters. The number of aliphatic hydroxyl groups is 1. The van der Waals surface area contributed by atoms with Crippen molar-refractivity contribution in [2.24, 2.45) is 0 Å². The molecule has 0 radical (unpaired) electrons. The fourth-order valence-electron chi connectivity index (χ4n) is 3.79. The van der Waals surface area contributed by atoms with E-state index in [1.165, 1.54) is 42.5 Å². The lowest BCUT2D eigenvalue weighted by atomic mass is 10.1. The standard InChI is InChI=1S/C26H25Cl2N3O6S/c27-19-8-11-24(23(28)16-19)37-31(20-4-2-1-3-5-20)38(35,36)22-9-6-18(7-10-22)26(34)29-17-25(33)30-14-12-21(32)13-15-30/h1-11,16,21,32H,12-15,17H2,(H,29,34). The summed E-state index contributed by atoms with van der Waals surface area (Å²) < 4.78 is 27.9. The van der Waals surface area contributed by atoms with E-state index >= 15 is 0 Å². The quantitative estimate of drug-likeness (QED) is 0.392. The summed E-state index contributed by atoms with van der Waals surface area (Å²) in [5.74, 6) is -0.697. The maximum Gasteiger partial charge on any atom is 0.295 e. The Hall–Kier alpha value is -3.31. The fourth-order valence-corrected chi connectivity index (χ4v) is 5.48. The Morgan fingerprint density at radius 3 is 2.29 bits per heavy atom. The van der Waals surface area contributed by atoms with Crippen molar-refractivity contribution in [3.8, 4) is 5.75 Å². The van der Waals surface area contributed by atoms with Gasteiger partial charge in [-0.05, 0) is 67.4 Å². The van der Waals surface area contributed by atoms with E-state index in [0.717, 1.165) is 4.47 Å². The molecule has 200 valence electrons. The van der Waals surface area contributed by atoms with Gasteiger partial charge in [0.1, 0.15) is 0 Å². The van der Waals surface area contributed by atoms with Gasteiger partial charge >= 0.3 is 0 Å². The number of hydrogen-bond acceptors (Lipinski definition) is 6. The fraction of sp³-hybridized carbons (Fsp3) is 0.231. The molecule has 12 heteroatoms. The first kappa shape index (κ1) is 27.7. The molecular weight excluding hydrogens is 553 g/mol. The van der Waals surface area contributed by atoms with Crippen molar-refractivity contribution >= 4 is 50.7 Å². The van der Waals surface area contributed by atoms with Crippen LogP contribution in [-0.4, -0.2) is 56.0 Å². The number of sulfonamides is 1. The lowest BCUT2D eigenvalue weighted by molar-refractivity contribution is -0.132. The van der Waals surface area contributed by atoms with Gasteiger partial charge in [-0.3, -0.25) is 9.59 Å². The van der Waals surface area contributed by atoms with Gasteiger partial charge < -0.3 is 20.2 Å². The third kappa shape index (κ3) is 6.57. The van der Waals surface area contributed by atoms with Gasteiger partial charge in [0.15, 0.2) is 5.75 Å². The van der Waals surface area contributed by atoms with Crippen LogP contribution in [0.5, 0.6) is 5.75 Å². The molecule has 38 heavy (non-hydrogen) atoms. The highest BCUT2D eigenvalue weighted by Crippen LogP contribution is 2.32. The average molecular weight is 578 g/mol. The number of carbonyl (C=O) groups is 2. The van der Waals surface area contributed by atoms with E-state index in [1.54, 1.807) is 35.2 Å². The number of para-hydroxylation sites is 1. The summed E-state index contributed by atoms with van der Waals surface area (Å²) in [6, 6.07) is 17.8. The highest BCUT2D eigenvalue weighted by atomic mass is 35.5. The van der Waals surface area contributed by atoms with Crippen LogP contribution in [0, 0.1) is 0 Å². The topological polar surface area (TPSA) is 116 Å². The van der Waals surface area contributed by atoms with Gasteiger partial charge in [0.25, 0.3) is 15.9 Å². The maximum atomic E-state index is 13.6. The third-order valence-corrected chi connectivity index (χ3v) is 8.01. The Labute approximate surface area is 230 Å².